The molecule has 2 saturated carbocycles. The average molecular weight is 258 g/mol. The molecule has 0 radical (unpaired) electrons. The normalized spacial score (nSPS) is 56.0. The Morgan fingerprint density at radius 3 is 2.11 bits per heavy atom. The molecule has 106 valence electrons. The van der Waals surface area contributed by atoms with Gasteiger partial charge in [-0.15, -0.1) is 0 Å². The Bertz CT molecular complexity index is 339. The Kier molecular flexibility index (Phi) is 3.10. The summed E-state index contributed by atoms with van der Waals surface area (Å²) in [4.78, 5) is 0. The Labute approximate surface area is 109 Å². The van der Waals surface area contributed by atoms with E-state index in [1.54, 1.807) is 6.92 Å². The first kappa shape index (κ1) is 14.3. The lowest BCUT2D eigenvalue weighted by molar-refractivity contribution is -0.246. The lowest BCUT2D eigenvalue weighted by Gasteiger charge is -2.61. The van der Waals surface area contributed by atoms with Gasteiger partial charge in [-0.1, -0.05) is 20.8 Å². The second-order valence-corrected chi connectivity index (χ2v) is 7.39. The van der Waals surface area contributed by atoms with E-state index in [2.05, 4.69) is 0 Å². The van der Waals surface area contributed by atoms with Gasteiger partial charge in [0, 0.05) is 5.41 Å². The molecule has 2 aliphatic carbocycles. The summed E-state index contributed by atoms with van der Waals surface area (Å²) in [5.74, 6) is 0.0959. The molecule has 0 spiro atoms. The molecule has 2 rings (SSSR count). The fourth-order valence-corrected chi connectivity index (χ4v) is 4.54. The first-order valence-corrected chi connectivity index (χ1v) is 6.80. The molecular formula is C14H26O4. The van der Waals surface area contributed by atoms with Crippen molar-refractivity contribution < 1.29 is 20.4 Å². The largest absolute Gasteiger partial charge is 0.390 e. The number of fused-ring (bicyclic) bond motifs is 1. The summed E-state index contributed by atoms with van der Waals surface area (Å²) in [6.45, 7) is 7.46. The molecule has 0 aromatic heterocycles. The number of aliphatic hydroxyl groups excluding tert-OH is 3. The summed E-state index contributed by atoms with van der Waals surface area (Å²) in [6, 6.07) is 0. The van der Waals surface area contributed by atoms with Gasteiger partial charge in [-0.05, 0) is 37.5 Å². The summed E-state index contributed by atoms with van der Waals surface area (Å²) in [7, 11) is 0. The van der Waals surface area contributed by atoms with E-state index < -0.39 is 34.7 Å². The zero-order chi connectivity index (χ0) is 13.9. The van der Waals surface area contributed by atoms with Gasteiger partial charge >= 0.3 is 0 Å². The van der Waals surface area contributed by atoms with Crippen LogP contribution >= 0.6 is 0 Å². The molecule has 2 aliphatic rings. The molecule has 0 aliphatic heterocycles. The van der Waals surface area contributed by atoms with Crippen LogP contribution in [0.2, 0.25) is 0 Å². The molecule has 0 aromatic carbocycles. The summed E-state index contributed by atoms with van der Waals surface area (Å²) in [6.07, 6.45) is -0.863. The fourth-order valence-electron chi connectivity index (χ4n) is 4.54. The standard InChI is InChI=1S/C14H26O4/c1-12(2)9-5-6-14(4,18)11(17)13(9,3)7-8(15)10(12)16/h8-11,15-18H,5-7H2,1-4H3/t8-,9+,10+,11-,13+,14+/m1/s1. The van der Waals surface area contributed by atoms with E-state index in [4.69, 9.17) is 0 Å². The van der Waals surface area contributed by atoms with E-state index in [1.165, 1.54) is 0 Å². The van der Waals surface area contributed by atoms with Gasteiger partial charge in [0.25, 0.3) is 0 Å². The highest BCUT2D eigenvalue weighted by molar-refractivity contribution is 5.11. The van der Waals surface area contributed by atoms with Crippen LogP contribution in [0.4, 0.5) is 0 Å². The third kappa shape index (κ3) is 1.73. The zero-order valence-corrected chi connectivity index (χ0v) is 11.7. The van der Waals surface area contributed by atoms with Crippen LogP contribution in [0, 0.1) is 16.7 Å². The molecule has 6 atom stereocenters. The number of hydrogen-bond donors (Lipinski definition) is 4. The summed E-state index contributed by atoms with van der Waals surface area (Å²) in [5.41, 5.74) is -2.11. The van der Waals surface area contributed by atoms with Gasteiger partial charge in [0.2, 0.25) is 0 Å². The van der Waals surface area contributed by atoms with Gasteiger partial charge in [-0.3, -0.25) is 0 Å². The first-order valence-electron chi connectivity index (χ1n) is 6.80. The molecule has 0 unspecified atom stereocenters. The maximum Gasteiger partial charge on any atom is 0.0883 e. The van der Waals surface area contributed by atoms with E-state index in [1.807, 2.05) is 20.8 Å². The van der Waals surface area contributed by atoms with Crippen LogP contribution < -0.4 is 0 Å². The fraction of sp³-hybridized carbons (Fsp3) is 1.00. The highest BCUT2D eigenvalue weighted by atomic mass is 16.3. The minimum absolute atomic E-state index is 0.0959. The van der Waals surface area contributed by atoms with Crippen molar-refractivity contribution in [3.05, 3.63) is 0 Å². The van der Waals surface area contributed by atoms with Crippen molar-refractivity contribution in [1.29, 1.82) is 0 Å². The Morgan fingerprint density at radius 2 is 1.56 bits per heavy atom. The third-order valence-electron chi connectivity index (χ3n) is 5.62. The average Bonchev–Trinajstić information content (AvgIpc) is 2.23. The lowest BCUT2D eigenvalue weighted by Crippen LogP contribution is -2.66. The van der Waals surface area contributed by atoms with Crippen molar-refractivity contribution in [2.75, 3.05) is 0 Å². The monoisotopic (exact) mass is 258 g/mol. The van der Waals surface area contributed by atoms with E-state index in [9.17, 15) is 20.4 Å². The smallest absolute Gasteiger partial charge is 0.0883 e. The first-order chi connectivity index (χ1) is 8.03. The quantitative estimate of drug-likeness (QED) is 0.515. The maximum atomic E-state index is 10.5. The predicted octanol–water partition coefficient (Wildman–Crippen LogP) is 0.666. The summed E-state index contributed by atoms with van der Waals surface area (Å²) in [5, 5.41) is 41.0. The molecule has 18 heavy (non-hydrogen) atoms. The molecule has 2 fully saturated rings. The molecule has 0 heterocycles. The second kappa shape index (κ2) is 3.92. The molecular weight excluding hydrogens is 232 g/mol. The van der Waals surface area contributed by atoms with Crippen molar-refractivity contribution in [3.8, 4) is 0 Å². The van der Waals surface area contributed by atoms with Crippen LogP contribution in [0.15, 0.2) is 0 Å². The predicted molar refractivity (Wildman–Crippen MR) is 67.9 cm³/mol. The topological polar surface area (TPSA) is 80.9 Å². The van der Waals surface area contributed by atoms with E-state index in [0.717, 1.165) is 6.42 Å². The van der Waals surface area contributed by atoms with Gasteiger partial charge in [0.05, 0.1) is 23.9 Å². The molecule has 0 aromatic rings. The SMILES string of the molecule is CC1(C)[C@@H](O)[C@H](O)C[C@]2(C)[C@@H](O)[C@@](C)(O)CC[C@@H]12. The Balaban J connectivity index is 2.42. The van der Waals surface area contributed by atoms with E-state index >= 15 is 0 Å². The van der Waals surface area contributed by atoms with Crippen LogP contribution in [0.1, 0.15) is 47.0 Å². The van der Waals surface area contributed by atoms with E-state index in [0.29, 0.717) is 12.8 Å². The minimum Gasteiger partial charge on any atom is -0.390 e. The number of hydrogen-bond acceptors (Lipinski definition) is 4. The Hall–Kier alpha value is -0.160. The highest BCUT2D eigenvalue weighted by Gasteiger charge is 2.62. The van der Waals surface area contributed by atoms with Crippen molar-refractivity contribution >= 4 is 0 Å². The van der Waals surface area contributed by atoms with Crippen molar-refractivity contribution in [3.63, 3.8) is 0 Å². The van der Waals surface area contributed by atoms with Gasteiger partial charge in [-0.25, -0.2) is 0 Å². The van der Waals surface area contributed by atoms with Gasteiger partial charge in [0.15, 0.2) is 0 Å². The molecule has 4 nitrogen and oxygen atoms in total. The van der Waals surface area contributed by atoms with Gasteiger partial charge in [0.1, 0.15) is 0 Å². The summed E-state index contributed by atoms with van der Waals surface area (Å²) < 4.78 is 0. The van der Waals surface area contributed by atoms with Crippen LogP contribution in [0.5, 0.6) is 0 Å². The van der Waals surface area contributed by atoms with Crippen molar-refractivity contribution in [2.45, 2.75) is 70.9 Å². The molecule has 0 bridgehead atoms. The minimum atomic E-state index is -1.11. The van der Waals surface area contributed by atoms with Crippen LogP contribution in [-0.4, -0.2) is 44.3 Å². The van der Waals surface area contributed by atoms with Crippen LogP contribution in [-0.2, 0) is 0 Å². The molecule has 4 N–H and O–H groups in total. The molecule has 4 heteroatoms. The van der Waals surface area contributed by atoms with Gasteiger partial charge < -0.3 is 20.4 Å². The van der Waals surface area contributed by atoms with Crippen LogP contribution in [0.25, 0.3) is 0 Å². The summed E-state index contributed by atoms with van der Waals surface area (Å²) >= 11 is 0. The van der Waals surface area contributed by atoms with Crippen molar-refractivity contribution in [2.24, 2.45) is 16.7 Å². The Morgan fingerprint density at radius 1 is 1.00 bits per heavy atom. The third-order valence-corrected chi connectivity index (χ3v) is 5.62. The number of aliphatic hydroxyl groups is 4. The van der Waals surface area contributed by atoms with Crippen LogP contribution in [0.3, 0.4) is 0 Å². The maximum absolute atomic E-state index is 10.5. The van der Waals surface area contributed by atoms with E-state index in [-0.39, 0.29) is 5.92 Å². The second-order valence-electron chi connectivity index (χ2n) is 7.39. The molecule has 0 amide bonds. The number of rotatable bonds is 0. The molecule has 0 saturated heterocycles. The van der Waals surface area contributed by atoms with Crippen molar-refractivity contribution in [1.82, 2.24) is 0 Å². The highest BCUT2D eigenvalue weighted by Crippen LogP contribution is 2.59. The lowest BCUT2D eigenvalue weighted by atomic mass is 9.47. The van der Waals surface area contributed by atoms with Gasteiger partial charge in [-0.2, -0.15) is 0 Å². The zero-order valence-electron chi connectivity index (χ0n) is 11.7.